The minimum absolute atomic E-state index is 0.131. The molecule has 0 radical (unpaired) electrons. The van der Waals surface area contributed by atoms with Crippen molar-refractivity contribution in [3.63, 3.8) is 0 Å². The highest BCUT2D eigenvalue weighted by atomic mass is 16.4. The van der Waals surface area contributed by atoms with Gasteiger partial charge in [-0.25, -0.2) is 0 Å². The summed E-state index contributed by atoms with van der Waals surface area (Å²) in [6, 6.07) is 13.6. The number of ketones is 1. The van der Waals surface area contributed by atoms with E-state index in [0.717, 1.165) is 0 Å². The molecule has 1 heterocycles. The van der Waals surface area contributed by atoms with Gasteiger partial charge in [-0.3, -0.25) is 14.4 Å². The van der Waals surface area contributed by atoms with E-state index in [9.17, 15) is 14.4 Å². The molecule has 0 saturated heterocycles. The summed E-state index contributed by atoms with van der Waals surface area (Å²) < 4.78 is 0. The zero-order chi connectivity index (χ0) is 22.9. The van der Waals surface area contributed by atoms with Gasteiger partial charge in [0.15, 0.2) is 5.78 Å². The molecule has 1 atom stereocenters. The van der Waals surface area contributed by atoms with Gasteiger partial charge in [0.25, 0.3) is 0 Å². The first-order valence-electron chi connectivity index (χ1n) is 9.96. The van der Waals surface area contributed by atoms with Crippen molar-refractivity contribution >= 4 is 17.7 Å². The van der Waals surface area contributed by atoms with Crippen LogP contribution in [0, 0.1) is 18.8 Å². The number of hydrogen-bond donors (Lipinski definition) is 3. The van der Waals surface area contributed by atoms with Gasteiger partial charge in [-0.05, 0) is 38.3 Å². The van der Waals surface area contributed by atoms with Gasteiger partial charge in [-0.1, -0.05) is 55.8 Å². The lowest BCUT2D eigenvalue weighted by molar-refractivity contribution is -0.141. The predicted molar refractivity (Wildman–Crippen MR) is 120 cm³/mol. The topological polar surface area (TPSA) is 99.3 Å². The zero-order valence-corrected chi connectivity index (χ0v) is 18.4. The van der Waals surface area contributed by atoms with Gasteiger partial charge >= 0.3 is 5.97 Å². The van der Waals surface area contributed by atoms with Gasteiger partial charge in [-0.2, -0.15) is 0 Å². The van der Waals surface area contributed by atoms with E-state index in [1.807, 2.05) is 39.0 Å². The Labute approximate surface area is 179 Å². The van der Waals surface area contributed by atoms with Gasteiger partial charge in [-0.15, -0.1) is 6.58 Å². The van der Waals surface area contributed by atoms with Crippen molar-refractivity contribution in [2.24, 2.45) is 11.8 Å². The van der Waals surface area contributed by atoms with Crippen LogP contribution < -0.4 is 5.32 Å². The Morgan fingerprint density at radius 2 is 1.73 bits per heavy atom. The van der Waals surface area contributed by atoms with E-state index in [-0.39, 0.29) is 30.6 Å². The molecule has 164 valence electrons. The molecule has 30 heavy (non-hydrogen) atoms. The molecule has 3 N–H and O–H groups in total. The number of benzene rings is 1. The van der Waals surface area contributed by atoms with Crippen LogP contribution in [0.15, 0.2) is 61.3 Å². The second kappa shape index (κ2) is 15.7. The molecule has 2 aromatic rings. The van der Waals surface area contributed by atoms with Gasteiger partial charge in [0.05, 0.1) is 18.7 Å². The fourth-order valence-electron chi connectivity index (χ4n) is 2.51. The van der Waals surface area contributed by atoms with E-state index >= 15 is 0 Å². The summed E-state index contributed by atoms with van der Waals surface area (Å²) in [7, 11) is 0. The second-order valence-electron chi connectivity index (χ2n) is 7.21. The molecule has 1 unspecified atom stereocenters. The van der Waals surface area contributed by atoms with Gasteiger partial charge in [0, 0.05) is 12.1 Å². The Morgan fingerprint density at radius 3 is 2.13 bits per heavy atom. The van der Waals surface area contributed by atoms with Gasteiger partial charge < -0.3 is 15.4 Å². The number of aromatic amines is 1. The number of nitrogens with one attached hydrogen (secondary N) is 2. The highest BCUT2D eigenvalue weighted by Gasteiger charge is 2.23. The molecule has 2 rings (SSSR count). The van der Waals surface area contributed by atoms with E-state index in [4.69, 9.17) is 5.11 Å². The lowest BCUT2D eigenvalue weighted by atomic mass is 9.93. The maximum Gasteiger partial charge on any atom is 0.304 e. The minimum Gasteiger partial charge on any atom is -0.481 e. The number of H-pyrrole nitrogens is 1. The van der Waals surface area contributed by atoms with Gasteiger partial charge in [0.2, 0.25) is 5.91 Å². The number of carboxylic acid groups (broad SMARTS) is 1. The summed E-state index contributed by atoms with van der Waals surface area (Å²) >= 11 is 0. The number of amides is 1. The number of rotatable bonds is 8. The maximum atomic E-state index is 12.0. The summed E-state index contributed by atoms with van der Waals surface area (Å²) in [5, 5.41) is 11.3. The summed E-state index contributed by atoms with van der Waals surface area (Å²) in [4.78, 5) is 37.2. The van der Waals surface area contributed by atoms with Crippen LogP contribution in [0.2, 0.25) is 0 Å². The Bertz CT molecular complexity index is 753. The van der Waals surface area contributed by atoms with E-state index in [0.29, 0.717) is 12.1 Å². The van der Waals surface area contributed by atoms with Crippen LogP contribution >= 0.6 is 0 Å². The average molecular weight is 415 g/mol. The number of carbonyl (C=O) groups is 3. The molecular formula is C24H34N2O4. The van der Waals surface area contributed by atoms with Crippen molar-refractivity contribution in [3.8, 4) is 0 Å². The highest BCUT2D eigenvalue weighted by molar-refractivity contribution is 5.98. The van der Waals surface area contributed by atoms with Crippen molar-refractivity contribution in [3.05, 3.63) is 72.6 Å². The predicted octanol–water partition coefficient (Wildman–Crippen LogP) is 4.64. The monoisotopic (exact) mass is 414 g/mol. The molecule has 0 aliphatic carbocycles. The average Bonchev–Trinajstić information content (AvgIpc) is 3.21. The van der Waals surface area contributed by atoms with E-state index < -0.39 is 11.9 Å². The number of Topliss-reactive ketones (excluding diaryl/α,β-unsaturated/α-hetero) is 1. The molecular weight excluding hydrogens is 380 g/mol. The van der Waals surface area contributed by atoms with Crippen LogP contribution in [0.3, 0.4) is 0 Å². The first-order valence-corrected chi connectivity index (χ1v) is 9.96. The Kier molecular flexibility index (Phi) is 14.1. The number of carbonyl (C=O) groups excluding carboxylic acids is 2. The first kappa shape index (κ1) is 26.9. The number of aromatic nitrogens is 1. The molecule has 0 spiro atoms. The maximum absolute atomic E-state index is 12.0. The zero-order valence-electron chi connectivity index (χ0n) is 18.4. The highest BCUT2D eigenvalue weighted by Crippen LogP contribution is 2.15. The Hall–Kier alpha value is -3.15. The smallest absolute Gasteiger partial charge is 0.304 e. The molecule has 0 saturated carbocycles. The standard InChI is InChI=1S/C14H20N2O4.C7H8.C3H6/c1-9(2)6-10(7-13(18)19)14(20)16-8-12(17)11-4-3-5-15-11;1-7-5-3-2-4-6-7;1-3-2/h3-5,9-10,15H,6-8H2,1-2H3,(H,16,20)(H,18,19);2-6H,1H3;3H,1H2,2H3. The third-order valence-corrected chi connectivity index (χ3v) is 3.81. The van der Waals surface area contributed by atoms with Crippen molar-refractivity contribution < 1.29 is 19.5 Å². The lowest BCUT2D eigenvalue weighted by Gasteiger charge is -2.16. The number of hydrogen-bond acceptors (Lipinski definition) is 3. The fraction of sp³-hybridized carbons (Fsp3) is 0.375. The fourth-order valence-corrected chi connectivity index (χ4v) is 2.51. The summed E-state index contributed by atoms with van der Waals surface area (Å²) in [6.45, 7) is 11.0. The molecule has 6 nitrogen and oxygen atoms in total. The molecule has 1 aromatic carbocycles. The largest absolute Gasteiger partial charge is 0.481 e. The molecule has 0 aliphatic rings. The second-order valence-corrected chi connectivity index (χ2v) is 7.21. The van der Waals surface area contributed by atoms with Crippen molar-refractivity contribution in [2.75, 3.05) is 6.54 Å². The van der Waals surface area contributed by atoms with Crippen LogP contribution in [0.4, 0.5) is 0 Å². The number of aryl methyl sites for hydroxylation is 1. The molecule has 0 bridgehead atoms. The minimum atomic E-state index is -1.01. The third kappa shape index (κ3) is 13.1. The van der Waals surface area contributed by atoms with E-state index in [1.165, 1.54) is 5.56 Å². The van der Waals surface area contributed by atoms with Crippen molar-refractivity contribution in [2.45, 2.75) is 40.5 Å². The van der Waals surface area contributed by atoms with Crippen molar-refractivity contribution in [1.29, 1.82) is 0 Å². The van der Waals surface area contributed by atoms with Crippen molar-refractivity contribution in [1.82, 2.24) is 10.3 Å². The molecule has 0 aliphatic heterocycles. The van der Waals surface area contributed by atoms with Crippen LogP contribution in [0.5, 0.6) is 0 Å². The normalized spacial score (nSPS) is 10.6. The van der Waals surface area contributed by atoms with E-state index in [1.54, 1.807) is 24.4 Å². The van der Waals surface area contributed by atoms with Crippen LogP contribution in [-0.4, -0.2) is 34.3 Å². The molecule has 1 amide bonds. The van der Waals surface area contributed by atoms with Crippen LogP contribution in [0.1, 0.15) is 49.7 Å². The summed E-state index contributed by atoms with van der Waals surface area (Å²) in [5.74, 6) is -2.03. The molecule has 0 fully saturated rings. The summed E-state index contributed by atoms with van der Waals surface area (Å²) in [6.07, 6.45) is 3.64. The van der Waals surface area contributed by atoms with E-state index in [2.05, 4.69) is 35.9 Å². The first-order chi connectivity index (χ1) is 14.2. The molecule has 1 aromatic heterocycles. The molecule has 6 heteroatoms. The van der Waals surface area contributed by atoms with Gasteiger partial charge in [0.1, 0.15) is 0 Å². The Balaban J connectivity index is 0.000000690. The number of aliphatic carboxylic acids is 1. The number of allylic oxidation sites excluding steroid dienone is 1. The quantitative estimate of drug-likeness (QED) is 0.433. The third-order valence-electron chi connectivity index (χ3n) is 3.81. The van der Waals surface area contributed by atoms with Crippen LogP contribution in [-0.2, 0) is 9.59 Å². The Morgan fingerprint density at radius 1 is 1.13 bits per heavy atom. The summed E-state index contributed by atoms with van der Waals surface area (Å²) in [5.41, 5.74) is 1.74. The SMILES string of the molecule is C=CC.CC(C)CC(CC(=O)O)C(=O)NCC(=O)c1ccc[nH]1.Cc1ccccc1. The van der Waals surface area contributed by atoms with Crippen LogP contribution in [0.25, 0.3) is 0 Å². The number of carboxylic acids is 1. The lowest BCUT2D eigenvalue weighted by Crippen LogP contribution is -2.36.